The van der Waals surface area contributed by atoms with Gasteiger partial charge in [-0.2, -0.15) is 0 Å². The highest BCUT2D eigenvalue weighted by atomic mass is 16.6. The average molecular weight is 532 g/mol. The summed E-state index contributed by atoms with van der Waals surface area (Å²) in [6.07, 6.45) is 13.2. The van der Waals surface area contributed by atoms with Gasteiger partial charge in [0.25, 0.3) is 0 Å². The number of methoxy groups -OCH3 is 1. The molecule has 0 unspecified atom stereocenters. The first kappa shape index (κ1) is 28.4. The van der Waals surface area contributed by atoms with Crippen LogP contribution in [0, 0.1) is 0 Å². The van der Waals surface area contributed by atoms with Crippen LogP contribution in [0.3, 0.4) is 0 Å². The summed E-state index contributed by atoms with van der Waals surface area (Å²) in [5.41, 5.74) is 5.49. The lowest BCUT2D eigenvalue weighted by atomic mass is 9.98. The zero-order chi connectivity index (χ0) is 27.5. The number of nitrogens with one attached hydrogen (secondary N) is 1. The molecule has 2 aromatic carbocycles. The lowest BCUT2D eigenvalue weighted by Gasteiger charge is -2.19. The van der Waals surface area contributed by atoms with Crippen LogP contribution < -0.4 is 5.32 Å². The normalized spacial score (nSPS) is 13.0. The van der Waals surface area contributed by atoms with Crippen LogP contribution in [0.15, 0.2) is 61.1 Å². The zero-order valence-electron chi connectivity index (χ0n) is 23.2. The number of aryl methyl sites for hydroxylation is 1. The highest BCUT2D eigenvalue weighted by Gasteiger charge is 2.30. The summed E-state index contributed by atoms with van der Waals surface area (Å²) in [6.45, 7) is 3.26. The molecule has 7 nitrogen and oxygen atoms in total. The van der Waals surface area contributed by atoms with E-state index >= 15 is 0 Å². The number of imidazole rings is 1. The van der Waals surface area contributed by atoms with Crippen molar-refractivity contribution in [1.82, 2.24) is 14.9 Å². The van der Waals surface area contributed by atoms with Crippen LogP contribution >= 0.6 is 0 Å². The molecule has 0 spiro atoms. The quantitative estimate of drug-likeness (QED) is 0.175. The van der Waals surface area contributed by atoms with Gasteiger partial charge in [0.2, 0.25) is 0 Å². The molecule has 1 aliphatic carbocycles. The first-order valence-corrected chi connectivity index (χ1v) is 14.3. The Morgan fingerprint density at radius 2 is 1.54 bits per heavy atom. The van der Waals surface area contributed by atoms with Gasteiger partial charge >= 0.3 is 12.1 Å². The Kier molecular flexibility index (Phi) is 10.6. The van der Waals surface area contributed by atoms with Gasteiger partial charge < -0.3 is 19.4 Å². The number of benzene rings is 2. The predicted octanol–water partition coefficient (Wildman–Crippen LogP) is 6.65. The molecule has 0 aliphatic heterocycles. The molecule has 1 amide bonds. The second-order valence-corrected chi connectivity index (χ2v) is 10.3. The van der Waals surface area contributed by atoms with Crippen molar-refractivity contribution >= 4 is 12.1 Å². The van der Waals surface area contributed by atoms with Crippen molar-refractivity contribution in [2.45, 2.75) is 83.2 Å². The Morgan fingerprint density at radius 1 is 0.923 bits per heavy atom. The van der Waals surface area contributed by atoms with Gasteiger partial charge in [-0.25, -0.2) is 14.6 Å². The number of amides is 1. The van der Waals surface area contributed by atoms with Crippen molar-refractivity contribution in [1.29, 1.82) is 0 Å². The molecule has 208 valence electrons. The summed E-state index contributed by atoms with van der Waals surface area (Å²) in [4.78, 5) is 29.7. The number of carbonyl (C=O) groups excluding carboxylic acids is 2. The molecule has 1 atom stereocenters. The van der Waals surface area contributed by atoms with Crippen molar-refractivity contribution in [3.8, 4) is 11.1 Å². The smallest absolute Gasteiger partial charge is 0.407 e. The van der Waals surface area contributed by atoms with E-state index in [0.29, 0.717) is 0 Å². The second-order valence-electron chi connectivity index (χ2n) is 10.3. The third-order valence-electron chi connectivity index (χ3n) is 7.59. The number of nitrogens with zero attached hydrogens (tertiary/aromatic N) is 2. The maximum Gasteiger partial charge on any atom is 0.407 e. The highest BCUT2D eigenvalue weighted by Crippen LogP contribution is 2.44. The molecule has 0 fully saturated rings. The summed E-state index contributed by atoms with van der Waals surface area (Å²) >= 11 is 0. The number of fused-ring (bicyclic) bond motifs is 3. The molecule has 1 N–H and O–H groups in total. The van der Waals surface area contributed by atoms with Crippen molar-refractivity contribution in [3.63, 3.8) is 0 Å². The molecular weight excluding hydrogens is 490 g/mol. The van der Waals surface area contributed by atoms with E-state index < -0.39 is 18.1 Å². The van der Waals surface area contributed by atoms with Gasteiger partial charge in [-0.05, 0) is 28.7 Å². The molecule has 0 radical (unpaired) electrons. The van der Waals surface area contributed by atoms with E-state index in [1.54, 1.807) is 12.5 Å². The van der Waals surface area contributed by atoms with Gasteiger partial charge in [0.05, 0.1) is 13.4 Å². The fraction of sp³-hybridized carbons (Fsp3) is 0.469. The van der Waals surface area contributed by atoms with Crippen LogP contribution in [0.2, 0.25) is 0 Å². The molecule has 1 heterocycles. The van der Waals surface area contributed by atoms with Gasteiger partial charge in [0.1, 0.15) is 12.6 Å². The van der Waals surface area contributed by atoms with Crippen molar-refractivity contribution in [2.75, 3.05) is 13.7 Å². The van der Waals surface area contributed by atoms with Crippen LogP contribution in [-0.2, 0) is 27.2 Å². The van der Waals surface area contributed by atoms with Gasteiger partial charge in [-0.1, -0.05) is 100 Å². The molecule has 4 rings (SSSR count). The lowest BCUT2D eigenvalue weighted by Crippen LogP contribution is -2.44. The molecule has 3 aromatic rings. The van der Waals surface area contributed by atoms with Crippen molar-refractivity contribution in [3.05, 3.63) is 77.9 Å². The number of ether oxygens (including phenoxy) is 2. The van der Waals surface area contributed by atoms with E-state index in [0.717, 1.165) is 29.8 Å². The fourth-order valence-electron chi connectivity index (χ4n) is 5.46. The molecule has 0 bridgehead atoms. The maximum absolute atomic E-state index is 12.8. The van der Waals surface area contributed by atoms with Crippen molar-refractivity contribution in [2.24, 2.45) is 0 Å². The maximum atomic E-state index is 12.8. The minimum absolute atomic E-state index is 0.0483. The number of alkyl carbamates (subject to hydrolysis) is 1. The monoisotopic (exact) mass is 531 g/mol. The molecule has 7 heteroatoms. The first-order valence-electron chi connectivity index (χ1n) is 14.3. The predicted molar refractivity (Wildman–Crippen MR) is 153 cm³/mol. The minimum atomic E-state index is -0.861. The van der Waals surface area contributed by atoms with Gasteiger partial charge in [-0.15, -0.1) is 0 Å². The Hall–Kier alpha value is -3.61. The van der Waals surface area contributed by atoms with Crippen LogP contribution in [0.4, 0.5) is 4.79 Å². The topological polar surface area (TPSA) is 82.5 Å². The van der Waals surface area contributed by atoms with Crippen LogP contribution in [0.25, 0.3) is 11.1 Å². The van der Waals surface area contributed by atoms with E-state index in [2.05, 4.69) is 46.1 Å². The Labute approximate surface area is 231 Å². The van der Waals surface area contributed by atoms with E-state index in [-0.39, 0.29) is 18.9 Å². The van der Waals surface area contributed by atoms with Crippen LogP contribution in [0.5, 0.6) is 0 Å². The molecule has 0 saturated heterocycles. The van der Waals surface area contributed by atoms with Crippen molar-refractivity contribution < 1.29 is 19.1 Å². The lowest BCUT2D eigenvalue weighted by molar-refractivity contribution is -0.143. The number of aromatic nitrogens is 2. The van der Waals surface area contributed by atoms with E-state index in [1.807, 2.05) is 24.3 Å². The van der Waals surface area contributed by atoms with Crippen LogP contribution in [-0.4, -0.2) is 41.4 Å². The summed E-state index contributed by atoms with van der Waals surface area (Å²) < 4.78 is 12.7. The minimum Gasteiger partial charge on any atom is -0.467 e. The Balaban J connectivity index is 1.30. The number of carbonyl (C=O) groups is 2. The third kappa shape index (κ3) is 7.49. The Bertz CT molecular complexity index is 1180. The number of rotatable bonds is 15. The van der Waals surface area contributed by atoms with E-state index in [9.17, 15) is 9.59 Å². The molecule has 0 saturated carbocycles. The Morgan fingerprint density at radius 3 is 2.18 bits per heavy atom. The van der Waals surface area contributed by atoms with Gasteiger partial charge in [0, 0.05) is 30.8 Å². The van der Waals surface area contributed by atoms with Gasteiger partial charge in [0.15, 0.2) is 0 Å². The summed E-state index contributed by atoms with van der Waals surface area (Å²) in [5.74, 6) is -0.559. The average Bonchev–Trinajstić information content (AvgIpc) is 3.54. The summed E-state index contributed by atoms with van der Waals surface area (Å²) in [5, 5.41) is 2.73. The van der Waals surface area contributed by atoms with Gasteiger partial charge in [-0.3, -0.25) is 0 Å². The van der Waals surface area contributed by atoms with Crippen LogP contribution in [0.1, 0.15) is 81.0 Å². The molecule has 39 heavy (non-hydrogen) atoms. The number of hydrogen-bond donors (Lipinski definition) is 1. The van der Waals surface area contributed by atoms with E-state index in [4.69, 9.17) is 9.47 Å². The molecular formula is C32H41N3O4. The summed E-state index contributed by atoms with van der Waals surface area (Å²) in [6, 6.07) is 15.5. The fourth-order valence-corrected chi connectivity index (χ4v) is 5.46. The highest BCUT2D eigenvalue weighted by molar-refractivity contribution is 5.82. The zero-order valence-corrected chi connectivity index (χ0v) is 23.2. The largest absolute Gasteiger partial charge is 0.467 e. The SMILES string of the molecule is CCCCCCCCCCn1cncc1C[C@H](NC(=O)OCC1c2ccccc2-c2ccccc21)C(=O)OC. The molecule has 1 aliphatic rings. The standard InChI is InChI=1S/C32H41N3O4/c1-3-4-5-6-7-8-9-14-19-35-23-33-21-24(35)20-30(31(36)38-2)34-32(37)39-22-29-27-17-12-10-15-25(27)26-16-11-13-18-28(26)29/h10-13,15-18,21,23,29-30H,3-9,14,19-20,22H2,1-2H3,(H,34,37)/t30-/m0/s1. The number of esters is 1. The first-order chi connectivity index (χ1) is 19.1. The number of unbranched alkanes of at least 4 members (excludes halogenated alkanes) is 7. The third-order valence-corrected chi connectivity index (χ3v) is 7.59. The second kappa shape index (κ2) is 14.5. The number of hydrogen-bond acceptors (Lipinski definition) is 5. The molecule has 1 aromatic heterocycles. The summed E-state index contributed by atoms with van der Waals surface area (Å²) in [7, 11) is 1.33. The van der Waals surface area contributed by atoms with E-state index in [1.165, 1.54) is 63.2 Å².